The van der Waals surface area contributed by atoms with Crippen LogP contribution in [0.15, 0.2) is 12.1 Å². The first-order valence-corrected chi connectivity index (χ1v) is 6.11. The predicted octanol–water partition coefficient (Wildman–Crippen LogP) is 1.86. The molecule has 0 amide bonds. The molecular formula is C13H18N2O. The monoisotopic (exact) mass is 218 g/mol. The highest BCUT2D eigenvalue weighted by Crippen LogP contribution is 2.29. The van der Waals surface area contributed by atoms with Crippen molar-refractivity contribution in [1.82, 2.24) is 9.88 Å². The Balaban J connectivity index is 1.71. The topological polar surface area (TPSA) is 25.4 Å². The number of nitrogens with zero attached hydrogens (tertiary/aromatic N) is 2. The van der Waals surface area contributed by atoms with Crippen LogP contribution in [0, 0.1) is 5.92 Å². The SMILES string of the molecule is CN1CCc2nc(OCC3CC3)ccc2C1. The van der Waals surface area contributed by atoms with Gasteiger partial charge < -0.3 is 9.64 Å². The van der Waals surface area contributed by atoms with E-state index >= 15 is 0 Å². The van der Waals surface area contributed by atoms with Gasteiger partial charge in [0.05, 0.1) is 12.3 Å². The molecule has 2 aliphatic rings. The summed E-state index contributed by atoms with van der Waals surface area (Å²) in [6.07, 6.45) is 3.71. The Morgan fingerprint density at radius 3 is 3.12 bits per heavy atom. The zero-order valence-electron chi connectivity index (χ0n) is 9.78. The summed E-state index contributed by atoms with van der Waals surface area (Å²) in [6, 6.07) is 4.18. The highest BCUT2D eigenvalue weighted by molar-refractivity contribution is 5.27. The van der Waals surface area contributed by atoms with Gasteiger partial charge in [-0.15, -0.1) is 0 Å². The molecule has 0 aromatic carbocycles. The van der Waals surface area contributed by atoms with Crippen LogP contribution < -0.4 is 4.74 Å². The molecule has 3 nitrogen and oxygen atoms in total. The molecule has 3 heteroatoms. The second-order valence-electron chi connectivity index (χ2n) is 5.00. The Morgan fingerprint density at radius 1 is 1.44 bits per heavy atom. The van der Waals surface area contributed by atoms with Crippen molar-refractivity contribution in [3.63, 3.8) is 0 Å². The van der Waals surface area contributed by atoms with Crippen molar-refractivity contribution in [3.05, 3.63) is 23.4 Å². The van der Waals surface area contributed by atoms with E-state index < -0.39 is 0 Å². The zero-order valence-corrected chi connectivity index (χ0v) is 9.78. The van der Waals surface area contributed by atoms with Gasteiger partial charge in [-0.25, -0.2) is 4.98 Å². The summed E-state index contributed by atoms with van der Waals surface area (Å²) in [7, 11) is 2.15. The van der Waals surface area contributed by atoms with E-state index in [1.165, 1.54) is 24.1 Å². The van der Waals surface area contributed by atoms with Crippen LogP contribution >= 0.6 is 0 Å². The van der Waals surface area contributed by atoms with E-state index in [2.05, 4.69) is 23.0 Å². The van der Waals surface area contributed by atoms with Gasteiger partial charge in [0.15, 0.2) is 0 Å². The molecular weight excluding hydrogens is 200 g/mol. The van der Waals surface area contributed by atoms with Gasteiger partial charge in [0, 0.05) is 25.6 Å². The minimum atomic E-state index is 0.795. The van der Waals surface area contributed by atoms with E-state index in [9.17, 15) is 0 Å². The number of fused-ring (bicyclic) bond motifs is 1. The Labute approximate surface area is 96.4 Å². The van der Waals surface area contributed by atoms with Gasteiger partial charge in [0.1, 0.15) is 0 Å². The number of rotatable bonds is 3. The van der Waals surface area contributed by atoms with Crippen molar-refractivity contribution in [2.24, 2.45) is 5.92 Å². The van der Waals surface area contributed by atoms with Crippen LogP contribution in [0.4, 0.5) is 0 Å². The molecule has 1 saturated carbocycles. The van der Waals surface area contributed by atoms with Crippen LogP contribution in [0.5, 0.6) is 5.88 Å². The number of hydrogen-bond acceptors (Lipinski definition) is 3. The summed E-state index contributed by atoms with van der Waals surface area (Å²) in [5.74, 6) is 1.61. The van der Waals surface area contributed by atoms with Gasteiger partial charge in [-0.05, 0) is 31.4 Å². The Kier molecular flexibility index (Phi) is 2.56. The number of ether oxygens (including phenoxy) is 1. The van der Waals surface area contributed by atoms with Gasteiger partial charge in [0.2, 0.25) is 5.88 Å². The molecule has 0 radical (unpaired) electrons. The van der Waals surface area contributed by atoms with E-state index in [-0.39, 0.29) is 0 Å². The van der Waals surface area contributed by atoms with Crippen molar-refractivity contribution in [3.8, 4) is 5.88 Å². The van der Waals surface area contributed by atoms with Gasteiger partial charge in [-0.1, -0.05) is 6.07 Å². The van der Waals surface area contributed by atoms with E-state index in [0.29, 0.717) is 0 Å². The maximum atomic E-state index is 5.70. The number of hydrogen-bond donors (Lipinski definition) is 0. The minimum Gasteiger partial charge on any atom is -0.477 e. The molecule has 0 spiro atoms. The van der Waals surface area contributed by atoms with Crippen LogP contribution in [-0.2, 0) is 13.0 Å². The molecule has 16 heavy (non-hydrogen) atoms. The van der Waals surface area contributed by atoms with Gasteiger partial charge in [-0.2, -0.15) is 0 Å². The Bertz CT molecular complexity index is 388. The molecule has 0 N–H and O–H groups in total. The Hall–Kier alpha value is -1.09. The van der Waals surface area contributed by atoms with Gasteiger partial charge >= 0.3 is 0 Å². The van der Waals surface area contributed by atoms with Gasteiger partial charge in [-0.3, -0.25) is 0 Å². The number of aromatic nitrogens is 1. The third-order valence-electron chi connectivity index (χ3n) is 3.38. The summed E-state index contributed by atoms with van der Waals surface area (Å²) >= 11 is 0. The summed E-state index contributed by atoms with van der Waals surface area (Å²) < 4.78 is 5.70. The van der Waals surface area contributed by atoms with E-state index in [4.69, 9.17) is 4.74 Å². The van der Waals surface area contributed by atoms with Crippen molar-refractivity contribution < 1.29 is 4.74 Å². The lowest BCUT2D eigenvalue weighted by molar-refractivity contribution is 0.280. The largest absolute Gasteiger partial charge is 0.477 e. The van der Waals surface area contributed by atoms with Crippen molar-refractivity contribution >= 4 is 0 Å². The molecule has 0 bridgehead atoms. The van der Waals surface area contributed by atoms with Crippen molar-refractivity contribution in [2.75, 3.05) is 20.2 Å². The third-order valence-corrected chi connectivity index (χ3v) is 3.38. The molecule has 0 atom stereocenters. The highest BCUT2D eigenvalue weighted by atomic mass is 16.5. The van der Waals surface area contributed by atoms with E-state index in [1.54, 1.807) is 0 Å². The highest BCUT2D eigenvalue weighted by Gasteiger charge is 2.22. The lowest BCUT2D eigenvalue weighted by Gasteiger charge is -2.24. The van der Waals surface area contributed by atoms with Crippen LogP contribution in [-0.4, -0.2) is 30.1 Å². The predicted molar refractivity (Wildman–Crippen MR) is 62.5 cm³/mol. The fourth-order valence-electron chi connectivity index (χ4n) is 2.11. The van der Waals surface area contributed by atoms with Crippen LogP contribution in [0.3, 0.4) is 0 Å². The fraction of sp³-hybridized carbons (Fsp3) is 0.615. The molecule has 1 aliphatic carbocycles. The standard InChI is InChI=1S/C13H18N2O/c1-15-7-6-12-11(8-15)4-5-13(14-12)16-9-10-2-3-10/h4-5,10H,2-3,6-9H2,1H3. The minimum absolute atomic E-state index is 0.795. The third kappa shape index (κ3) is 2.19. The summed E-state index contributed by atoms with van der Waals surface area (Å²) in [5.41, 5.74) is 2.58. The smallest absolute Gasteiger partial charge is 0.213 e. The Morgan fingerprint density at radius 2 is 2.31 bits per heavy atom. The molecule has 1 aromatic heterocycles. The molecule has 0 unspecified atom stereocenters. The van der Waals surface area contributed by atoms with Crippen LogP contribution in [0.1, 0.15) is 24.1 Å². The molecule has 1 aliphatic heterocycles. The summed E-state index contributed by atoms with van der Waals surface area (Å²) in [5, 5.41) is 0. The summed E-state index contributed by atoms with van der Waals surface area (Å²) in [6.45, 7) is 2.98. The summed E-state index contributed by atoms with van der Waals surface area (Å²) in [4.78, 5) is 6.93. The van der Waals surface area contributed by atoms with E-state index in [0.717, 1.165) is 37.9 Å². The van der Waals surface area contributed by atoms with E-state index in [1.807, 2.05) is 6.07 Å². The van der Waals surface area contributed by atoms with Crippen molar-refractivity contribution in [2.45, 2.75) is 25.8 Å². The van der Waals surface area contributed by atoms with Crippen LogP contribution in [0.25, 0.3) is 0 Å². The van der Waals surface area contributed by atoms with Gasteiger partial charge in [0.25, 0.3) is 0 Å². The fourth-order valence-corrected chi connectivity index (χ4v) is 2.11. The van der Waals surface area contributed by atoms with Crippen molar-refractivity contribution in [1.29, 1.82) is 0 Å². The number of likely N-dealkylation sites (N-methyl/N-ethyl adjacent to an activating group) is 1. The second-order valence-corrected chi connectivity index (χ2v) is 5.00. The lowest BCUT2D eigenvalue weighted by Crippen LogP contribution is -2.27. The molecule has 1 fully saturated rings. The first-order chi connectivity index (χ1) is 7.81. The molecule has 0 saturated heterocycles. The average Bonchev–Trinajstić information content (AvgIpc) is 3.10. The maximum Gasteiger partial charge on any atom is 0.213 e. The molecule has 2 heterocycles. The molecule has 1 aromatic rings. The normalized spacial score (nSPS) is 20.6. The molecule has 3 rings (SSSR count). The zero-order chi connectivity index (χ0) is 11.0. The van der Waals surface area contributed by atoms with Crippen LogP contribution in [0.2, 0.25) is 0 Å². The average molecular weight is 218 g/mol. The quantitative estimate of drug-likeness (QED) is 0.774. The lowest BCUT2D eigenvalue weighted by atomic mass is 10.1. The second kappa shape index (κ2) is 4.06. The first-order valence-electron chi connectivity index (χ1n) is 6.11. The molecule has 86 valence electrons. The maximum absolute atomic E-state index is 5.70. The first kappa shape index (κ1) is 10.1. The number of pyridine rings is 1.